The van der Waals surface area contributed by atoms with Crippen LogP contribution in [0.2, 0.25) is 0 Å². The van der Waals surface area contributed by atoms with E-state index in [9.17, 15) is 14.9 Å². The summed E-state index contributed by atoms with van der Waals surface area (Å²) >= 11 is 1.57. The fourth-order valence-electron chi connectivity index (χ4n) is 1.69. The topological polar surface area (TPSA) is 85.1 Å². The highest BCUT2D eigenvalue weighted by molar-refractivity contribution is 7.09. The van der Waals surface area contributed by atoms with Gasteiger partial charge in [0.25, 0.3) is 11.6 Å². The highest BCUT2D eigenvalue weighted by atomic mass is 32.1. The largest absolute Gasteiger partial charge is 0.352 e. The molecule has 0 aliphatic carbocycles. The maximum atomic E-state index is 11.9. The molecule has 6 nitrogen and oxygen atoms in total. The summed E-state index contributed by atoms with van der Waals surface area (Å²) < 4.78 is 0. The summed E-state index contributed by atoms with van der Waals surface area (Å²) in [7, 11) is 0. The number of thiazole rings is 1. The summed E-state index contributed by atoms with van der Waals surface area (Å²) in [4.78, 5) is 26.3. The number of amides is 1. The zero-order valence-electron chi connectivity index (χ0n) is 10.8. The number of hydrogen-bond donors (Lipinski definition) is 1. The van der Waals surface area contributed by atoms with Crippen LogP contribution in [0, 0.1) is 17.0 Å². The second kappa shape index (κ2) is 6.25. The van der Waals surface area contributed by atoms with Crippen molar-refractivity contribution in [3.05, 3.63) is 56.0 Å². The van der Waals surface area contributed by atoms with Crippen LogP contribution in [0.15, 0.2) is 29.6 Å². The minimum Gasteiger partial charge on any atom is -0.352 e. The maximum Gasteiger partial charge on any atom is 0.270 e. The van der Waals surface area contributed by atoms with Gasteiger partial charge in [0, 0.05) is 36.0 Å². The lowest BCUT2D eigenvalue weighted by Gasteiger charge is -2.03. The normalized spacial score (nSPS) is 10.2. The Morgan fingerprint density at radius 3 is 2.95 bits per heavy atom. The molecule has 1 heterocycles. The average Bonchev–Trinajstić information content (AvgIpc) is 2.84. The molecule has 0 atom stereocenters. The molecule has 1 aromatic carbocycles. The molecule has 20 heavy (non-hydrogen) atoms. The van der Waals surface area contributed by atoms with Gasteiger partial charge in [-0.15, -0.1) is 11.3 Å². The van der Waals surface area contributed by atoms with Crippen LogP contribution in [0.3, 0.4) is 0 Å². The molecule has 7 heteroatoms. The van der Waals surface area contributed by atoms with Gasteiger partial charge in [0.15, 0.2) is 0 Å². The van der Waals surface area contributed by atoms with E-state index in [1.54, 1.807) is 17.4 Å². The van der Waals surface area contributed by atoms with E-state index in [0.717, 1.165) is 10.7 Å². The van der Waals surface area contributed by atoms with Crippen LogP contribution in [0.5, 0.6) is 0 Å². The molecule has 0 unspecified atom stereocenters. The third-order valence-electron chi connectivity index (χ3n) is 2.65. The number of rotatable bonds is 5. The van der Waals surface area contributed by atoms with Gasteiger partial charge in [0.2, 0.25) is 0 Å². The third-order valence-corrected chi connectivity index (χ3v) is 3.47. The van der Waals surface area contributed by atoms with Crippen LogP contribution >= 0.6 is 11.3 Å². The summed E-state index contributed by atoms with van der Waals surface area (Å²) in [6.45, 7) is 2.38. The van der Waals surface area contributed by atoms with Gasteiger partial charge in [0.1, 0.15) is 0 Å². The highest BCUT2D eigenvalue weighted by Crippen LogP contribution is 2.13. The van der Waals surface area contributed by atoms with Crippen LogP contribution in [0.1, 0.15) is 21.1 Å². The quantitative estimate of drug-likeness (QED) is 0.676. The van der Waals surface area contributed by atoms with E-state index in [1.807, 2.05) is 12.3 Å². The number of non-ortho nitro benzene ring substituents is 1. The van der Waals surface area contributed by atoms with Crippen LogP contribution in [-0.4, -0.2) is 22.4 Å². The zero-order chi connectivity index (χ0) is 14.5. The van der Waals surface area contributed by atoms with Crippen LogP contribution in [-0.2, 0) is 6.42 Å². The molecular weight excluding hydrogens is 278 g/mol. The molecule has 104 valence electrons. The number of nitro groups is 1. The number of benzene rings is 1. The third kappa shape index (κ3) is 3.61. The number of aryl methyl sites for hydroxylation is 1. The van der Waals surface area contributed by atoms with Gasteiger partial charge in [-0.3, -0.25) is 14.9 Å². The van der Waals surface area contributed by atoms with Crippen molar-refractivity contribution < 1.29 is 9.72 Å². The van der Waals surface area contributed by atoms with Gasteiger partial charge in [-0.05, 0) is 13.0 Å². The molecule has 0 fully saturated rings. The fraction of sp³-hybridized carbons (Fsp3) is 0.231. The minimum atomic E-state index is -0.519. The summed E-state index contributed by atoms with van der Waals surface area (Å²) in [6, 6.07) is 5.67. The van der Waals surface area contributed by atoms with Crippen molar-refractivity contribution in [1.82, 2.24) is 10.3 Å². The van der Waals surface area contributed by atoms with Crippen molar-refractivity contribution in [3.63, 3.8) is 0 Å². The van der Waals surface area contributed by atoms with E-state index >= 15 is 0 Å². The van der Waals surface area contributed by atoms with E-state index in [2.05, 4.69) is 10.3 Å². The van der Waals surface area contributed by atoms with Crippen molar-refractivity contribution in [2.75, 3.05) is 6.54 Å². The standard InChI is InChI=1S/C13H13N3O3S/c1-9-15-11(8-20-9)5-6-14-13(17)10-3-2-4-12(7-10)16(18)19/h2-4,7-8H,5-6H2,1H3,(H,14,17). The number of nitro benzene ring substituents is 1. The van der Waals surface area contributed by atoms with E-state index in [1.165, 1.54) is 18.2 Å². The Morgan fingerprint density at radius 1 is 1.50 bits per heavy atom. The number of nitrogens with one attached hydrogen (secondary N) is 1. The van der Waals surface area contributed by atoms with Gasteiger partial charge in [0.05, 0.1) is 15.6 Å². The van der Waals surface area contributed by atoms with E-state index < -0.39 is 4.92 Å². The van der Waals surface area contributed by atoms with Gasteiger partial charge in [-0.25, -0.2) is 4.98 Å². The second-order valence-corrected chi connectivity index (χ2v) is 5.23. The van der Waals surface area contributed by atoms with Crippen molar-refractivity contribution in [2.45, 2.75) is 13.3 Å². The van der Waals surface area contributed by atoms with Crippen LogP contribution in [0.25, 0.3) is 0 Å². The molecule has 0 aliphatic heterocycles. The van der Waals surface area contributed by atoms with E-state index in [-0.39, 0.29) is 17.2 Å². The van der Waals surface area contributed by atoms with Gasteiger partial charge >= 0.3 is 0 Å². The lowest BCUT2D eigenvalue weighted by Crippen LogP contribution is -2.25. The first-order chi connectivity index (χ1) is 9.56. The number of hydrogen-bond acceptors (Lipinski definition) is 5. The van der Waals surface area contributed by atoms with Crippen LogP contribution in [0.4, 0.5) is 5.69 Å². The summed E-state index contributed by atoms with van der Waals surface area (Å²) in [5.74, 6) is -0.319. The highest BCUT2D eigenvalue weighted by Gasteiger charge is 2.11. The predicted octanol–water partition coefficient (Wildman–Crippen LogP) is 2.33. The first-order valence-corrected chi connectivity index (χ1v) is 6.88. The first-order valence-electron chi connectivity index (χ1n) is 6.00. The lowest BCUT2D eigenvalue weighted by molar-refractivity contribution is -0.384. The number of nitrogens with zero attached hydrogens (tertiary/aromatic N) is 2. The molecule has 2 rings (SSSR count). The molecule has 1 amide bonds. The Balaban J connectivity index is 1.91. The Morgan fingerprint density at radius 2 is 2.30 bits per heavy atom. The molecule has 0 aliphatic rings. The molecule has 2 aromatic rings. The Bertz CT molecular complexity index is 639. The first kappa shape index (κ1) is 14.1. The molecule has 0 saturated heterocycles. The SMILES string of the molecule is Cc1nc(CCNC(=O)c2cccc([N+](=O)[O-])c2)cs1. The van der Waals surface area contributed by atoms with Gasteiger partial charge in [-0.2, -0.15) is 0 Å². The van der Waals surface area contributed by atoms with E-state index in [0.29, 0.717) is 13.0 Å². The smallest absolute Gasteiger partial charge is 0.270 e. The molecular formula is C13H13N3O3S. The molecule has 0 radical (unpaired) electrons. The van der Waals surface area contributed by atoms with E-state index in [4.69, 9.17) is 0 Å². The molecule has 0 bridgehead atoms. The number of aromatic nitrogens is 1. The monoisotopic (exact) mass is 291 g/mol. The summed E-state index contributed by atoms with van der Waals surface area (Å²) in [5, 5.41) is 16.3. The Hall–Kier alpha value is -2.28. The Labute approximate surface area is 119 Å². The van der Waals surface area contributed by atoms with Gasteiger partial charge < -0.3 is 5.32 Å². The predicted molar refractivity (Wildman–Crippen MR) is 76.0 cm³/mol. The number of carbonyl (C=O) groups is 1. The van der Waals surface area contributed by atoms with Crippen molar-refractivity contribution in [1.29, 1.82) is 0 Å². The molecule has 1 N–H and O–H groups in total. The summed E-state index contributed by atoms with van der Waals surface area (Å²) in [5.41, 5.74) is 1.13. The minimum absolute atomic E-state index is 0.0900. The second-order valence-electron chi connectivity index (χ2n) is 4.17. The van der Waals surface area contributed by atoms with Crippen LogP contribution < -0.4 is 5.32 Å². The molecule has 1 aromatic heterocycles. The van der Waals surface area contributed by atoms with Gasteiger partial charge in [-0.1, -0.05) is 6.07 Å². The van der Waals surface area contributed by atoms with Crippen molar-refractivity contribution >= 4 is 22.9 Å². The zero-order valence-corrected chi connectivity index (χ0v) is 11.6. The lowest BCUT2D eigenvalue weighted by atomic mass is 10.2. The molecule has 0 spiro atoms. The average molecular weight is 291 g/mol. The van der Waals surface area contributed by atoms with Crippen molar-refractivity contribution in [2.24, 2.45) is 0 Å². The summed E-state index contributed by atoms with van der Waals surface area (Å²) in [6.07, 6.45) is 0.644. The Kier molecular flexibility index (Phi) is 4.41. The van der Waals surface area contributed by atoms with Crippen molar-refractivity contribution in [3.8, 4) is 0 Å². The number of carbonyl (C=O) groups excluding carboxylic acids is 1. The molecule has 0 saturated carbocycles. The fourth-order valence-corrected chi connectivity index (χ4v) is 2.34. The maximum absolute atomic E-state index is 11.9.